The van der Waals surface area contributed by atoms with Gasteiger partial charge < -0.3 is 9.30 Å². The summed E-state index contributed by atoms with van der Waals surface area (Å²) in [4.78, 5) is 41.5. The summed E-state index contributed by atoms with van der Waals surface area (Å²) in [5.41, 5.74) is -0.372. The van der Waals surface area contributed by atoms with Gasteiger partial charge >= 0.3 is 11.7 Å². The number of imidazole rings is 1. The number of aryl methyl sites for hydroxylation is 2. The number of esters is 1. The standard InChI is InChI=1S/C12H16N4O4S/c1-4-16-8-9(15(3)11(19)14-10(8)18)13-12(16)21-6-7(17)20-5-2/h4-6H2,1-3H3,(H,14,18,19). The summed E-state index contributed by atoms with van der Waals surface area (Å²) >= 11 is 1.18. The average Bonchev–Trinajstić information content (AvgIpc) is 2.82. The predicted molar refractivity (Wildman–Crippen MR) is 78.6 cm³/mol. The van der Waals surface area contributed by atoms with Crippen LogP contribution < -0.4 is 11.2 Å². The zero-order chi connectivity index (χ0) is 15.6. The van der Waals surface area contributed by atoms with Crippen molar-refractivity contribution in [2.24, 2.45) is 7.05 Å². The topological polar surface area (TPSA) is 99.0 Å². The monoisotopic (exact) mass is 312 g/mol. The Morgan fingerprint density at radius 3 is 2.71 bits per heavy atom. The molecule has 0 spiro atoms. The maximum Gasteiger partial charge on any atom is 0.329 e. The number of aromatic amines is 1. The van der Waals surface area contributed by atoms with Gasteiger partial charge in [-0.05, 0) is 13.8 Å². The number of rotatable bonds is 5. The molecule has 0 aliphatic rings. The third kappa shape index (κ3) is 2.87. The lowest BCUT2D eigenvalue weighted by molar-refractivity contribution is -0.139. The average molecular weight is 312 g/mol. The van der Waals surface area contributed by atoms with Crippen LogP contribution in [0.1, 0.15) is 13.8 Å². The van der Waals surface area contributed by atoms with Crippen molar-refractivity contribution in [1.29, 1.82) is 0 Å². The Labute approximate surface area is 124 Å². The van der Waals surface area contributed by atoms with Crippen molar-refractivity contribution in [1.82, 2.24) is 19.1 Å². The van der Waals surface area contributed by atoms with Crippen molar-refractivity contribution in [3.63, 3.8) is 0 Å². The van der Waals surface area contributed by atoms with Crippen LogP contribution in [0, 0.1) is 0 Å². The first-order valence-corrected chi connectivity index (χ1v) is 7.46. The lowest BCUT2D eigenvalue weighted by Crippen LogP contribution is -2.29. The van der Waals surface area contributed by atoms with Gasteiger partial charge in [0.1, 0.15) is 0 Å². The minimum atomic E-state index is -0.518. The number of H-pyrrole nitrogens is 1. The van der Waals surface area contributed by atoms with E-state index in [1.807, 2.05) is 6.92 Å². The highest BCUT2D eigenvalue weighted by atomic mass is 32.2. The van der Waals surface area contributed by atoms with Crippen LogP contribution in [0.25, 0.3) is 11.2 Å². The quantitative estimate of drug-likeness (QED) is 0.621. The van der Waals surface area contributed by atoms with Crippen molar-refractivity contribution in [2.75, 3.05) is 12.4 Å². The normalized spacial score (nSPS) is 11.0. The highest BCUT2D eigenvalue weighted by Gasteiger charge is 2.17. The lowest BCUT2D eigenvalue weighted by Gasteiger charge is -2.04. The van der Waals surface area contributed by atoms with E-state index < -0.39 is 11.2 Å². The van der Waals surface area contributed by atoms with Crippen LogP contribution in [0.4, 0.5) is 0 Å². The van der Waals surface area contributed by atoms with Crippen LogP contribution in [0.2, 0.25) is 0 Å². The summed E-state index contributed by atoms with van der Waals surface area (Å²) < 4.78 is 7.81. The third-order valence-electron chi connectivity index (χ3n) is 2.91. The number of carbonyl (C=O) groups is 1. The third-order valence-corrected chi connectivity index (χ3v) is 3.86. The first kappa shape index (κ1) is 15.4. The van der Waals surface area contributed by atoms with E-state index in [1.54, 1.807) is 11.5 Å². The fourth-order valence-corrected chi connectivity index (χ4v) is 2.80. The second kappa shape index (κ2) is 6.17. The van der Waals surface area contributed by atoms with Crippen LogP contribution in [0.15, 0.2) is 14.7 Å². The number of thioether (sulfide) groups is 1. The predicted octanol–water partition coefficient (Wildman–Crippen LogP) is 0.0984. The van der Waals surface area contributed by atoms with Gasteiger partial charge in [-0.1, -0.05) is 11.8 Å². The lowest BCUT2D eigenvalue weighted by atomic mass is 10.5. The molecule has 0 bridgehead atoms. The number of ether oxygens (including phenoxy) is 1. The Kier molecular flexibility index (Phi) is 4.51. The molecule has 0 fully saturated rings. The molecule has 0 saturated heterocycles. The van der Waals surface area contributed by atoms with Crippen molar-refractivity contribution >= 4 is 28.9 Å². The van der Waals surface area contributed by atoms with E-state index in [4.69, 9.17) is 4.74 Å². The molecule has 114 valence electrons. The Bertz CT molecular complexity index is 789. The van der Waals surface area contributed by atoms with Crippen molar-refractivity contribution < 1.29 is 9.53 Å². The molecule has 21 heavy (non-hydrogen) atoms. The summed E-state index contributed by atoms with van der Waals surface area (Å²) in [6.07, 6.45) is 0. The molecule has 8 nitrogen and oxygen atoms in total. The zero-order valence-electron chi connectivity index (χ0n) is 12.0. The fourth-order valence-electron chi connectivity index (χ4n) is 1.94. The van der Waals surface area contributed by atoms with E-state index in [1.165, 1.54) is 23.4 Å². The van der Waals surface area contributed by atoms with Gasteiger partial charge in [0, 0.05) is 13.6 Å². The molecule has 0 radical (unpaired) electrons. The highest BCUT2D eigenvalue weighted by molar-refractivity contribution is 7.99. The van der Waals surface area contributed by atoms with Crippen LogP contribution >= 0.6 is 11.8 Å². The maximum atomic E-state index is 12.0. The van der Waals surface area contributed by atoms with Gasteiger partial charge in [0.2, 0.25) is 0 Å². The summed E-state index contributed by atoms with van der Waals surface area (Å²) in [6.45, 7) is 4.42. The summed E-state index contributed by atoms with van der Waals surface area (Å²) in [6, 6.07) is 0. The molecule has 0 amide bonds. The van der Waals surface area contributed by atoms with Gasteiger partial charge in [-0.15, -0.1) is 0 Å². The molecule has 0 unspecified atom stereocenters. The Morgan fingerprint density at radius 1 is 1.38 bits per heavy atom. The molecule has 0 atom stereocenters. The maximum absolute atomic E-state index is 12.0. The molecule has 2 aromatic rings. The molecule has 2 heterocycles. The summed E-state index contributed by atoms with van der Waals surface area (Å²) in [5.74, 6) is -0.247. The number of fused-ring (bicyclic) bond motifs is 1. The molecule has 0 aliphatic carbocycles. The van der Waals surface area contributed by atoms with E-state index >= 15 is 0 Å². The fraction of sp³-hybridized carbons (Fsp3) is 0.500. The summed E-state index contributed by atoms with van der Waals surface area (Å²) in [5, 5.41) is 0.507. The van der Waals surface area contributed by atoms with E-state index in [0.29, 0.717) is 29.5 Å². The number of nitrogens with one attached hydrogen (secondary N) is 1. The summed E-state index contributed by atoms with van der Waals surface area (Å²) in [7, 11) is 1.54. The Balaban J connectivity index is 2.48. The van der Waals surface area contributed by atoms with Gasteiger partial charge in [-0.2, -0.15) is 0 Å². The van der Waals surface area contributed by atoms with E-state index in [2.05, 4.69) is 9.97 Å². The van der Waals surface area contributed by atoms with Gasteiger partial charge in [0.05, 0.1) is 12.4 Å². The van der Waals surface area contributed by atoms with Crippen molar-refractivity contribution in [2.45, 2.75) is 25.5 Å². The Morgan fingerprint density at radius 2 is 2.10 bits per heavy atom. The van der Waals surface area contributed by atoms with E-state index in [0.717, 1.165) is 0 Å². The minimum absolute atomic E-state index is 0.100. The van der Waals surface area contributed by atoms with Crippen LogP contribution in [0.3, 0.4) is 0 Å². The van der Waals surface area contributed by atoms with Gasteiger partial charge in [-0.3, -0.25) is 19.1 Å². The zero-order valence-corrected chi connectivity index (χ0v) is 12.8. The largest absolute Gasteiger partial charge is 0.465 e. The minimum Gasteiger partial charge on any atom is -0.465 e. The molecule has 0 saturated carbocycles. The number of nitrogens with zero attached hydrogens (tertiary/aromatic N) is 3. The van der Waals surface area contributed by atoms with Crippen molar-refractivity contribution in [3.8, 4) is 0 Å². The van der Waals surface area contributed by atoms with Crippen LogP contribution in [0.5, 0.6) is 0 Å². The number of carbonyl (C=O) groups excluding carboxylic acids is 1. The van der Waals surface area contributed by atoms with Gasteiger partial charge in [0.15, 0.2) is 16.3 Å². The Hall–Kier alpha value is -2.03. The SMILES string of the molecule is CCOC(=O)CSc1nc2c(c(=O)[nH]c(=O)n2C)n1CC. The molecule has 9 heteroatoms. The molecule has 0 aromatic carbocycles. The first-order chi connectivity index (χ1) is 9.99. The number of hydrogen-bond donors (Lipinski definition) is 1. The van der Waals surface area contributed by atoms with Gasteiger partial charge in [0.25, 0.3) is 5.56 Å². The van der Waals surface area contributed by atoms with Gasteiger partial charge in [-0.25, -0.2) is 9.78 Å². The molecule has 0 aliphatic heterocycles. The smallest absolute Gasteiger partial charge is 0.329 e. The van der Waals surface area contributed by atoms with Crippen LogP contribution in [-0.4, -0.2) is 37.4 Å². The van der Waals surface area contributed by atoms with E-state index in [9.17, 15) is 14.4 Å². The second-order valence-corrected chi connectivity index (χ2v) is 5.17. The number of aromatic nitrogens is 4. The molecular formula is C12H16N4O4S. The highest BCUT2D eigenvalue weighted by Crippen LogP contribution is 2.21. The molecular weight excluding hydrogens is 296 g/mol. The van der Waals surface area contributed by atoms with Crippen LogP contribution in [-0.2, 0) is 23.1 Å². The van der Waals surface area contributed by atoms with Crippen molar-refractivity contribution in [3.05, 3.63) is 20.8 Å². The first-order valence-electron chi connectivity index (χ1n) is 6.47. The molecule has 2 rings (SSSR count). The molecule has 1 N–H and O–H groups in total. The second-order valence-electron chi connectivity index (χ2n) is 4.22. The molecule has 2 aromatic heterocycles. The van der Waals surface area contributed by atoms with E-state index in [-0.39, 0.29) is 11.7 Å². The number of hydrogen-bond acceptors (Lipinski definition) is 6.